The van der Waals surface area contributed by atoms with E-state index in [-0.39, 0.29) is 30.2 Å². The Bertz CT molecular complexity index is 842. The monoisotopic (exact) mass is 453 g/mol. The lowest BCUT2D eigenvalue weighted by molar-refractivity contribution is -0.143. The van der Waals surface area contributed by atoms with E-state index in [0.29, 0.717) is 43.1 Å². The van der Waals surface area contributed by atoms with Crippen LogP contribution in [0.4, 0.5) is 0 Å². The van der Waals surface area contributed by atoms with Crippen LogP contribution in [0, 0.1) is 11.8 Å². The first-order chi connectivity index (χ1) is 14.5. The molecule has 7 nitrogen and oxygen atoms in total. The van der Waals surface area contributed by atoms with Gasteiger partial charge in [-0.2, -0.15) is 4.31 Å². The van der Waals surface area contributed by atoms with Crippen LogP contribution in [-0.4, -0.2) is 73.6 Å². The van der Waals surface area contributed by atoms with Gasteiger partial charge in [-0.15, -0.1) is 11.3 Å². The predicted molar refractivity (Wildman–Crippen MR) is 116 cm³/mol. The molecule has 0 aliphatic carbocycles. The van der Waals surface area contributed by atoms with Crippen molar-refractivity contribution in [3.63, 3.8) is 0 Å². The summed E-state index contributed by atoms with van der Waals surface area (Å²) in [6.45, 7) is 3.65. The normalized spacial score (nSPS) is 24.7. The molecule has 0 radical (unpaired) electrons. The highest BCUT2D eigenvalue weighted by atomic mass is 32.2. The van der Waals surface area contributed by atoms with Crippen LogP contribution in [0.25, 0.3) is 0 Å². The summed E-state index contributed by atoms with van der Waals surface area (Å²) in [7, 11) is -3.52. The third kappa shape index (κ3) is 4.57. The maximum Gasteiger partial charge on any atom is 0.252 e. The molecule has 1 unspecified atom stereocenters. The number of piperidine rings is 3. The molecule has 4 heterocycles. The molecule has 1 atom stereocenters. The van der Waals surface area contributed by atoms with Crippen molar-refractivity contribution in [2.45, 2.75) is 49.2 Å². The first-order valence-electron chi connectivity index (χ1n) is 11.1. The number of thiophene rings is 1. The summed E-state index contributed by atoms with van der Waals surface area (Å²) in [6, 6.07) is 3.36. The van der Waals surface area contributed by atoms with E-state index in [4.69, 9.17) is 0 Å². The van der Waals surface area contributed by atoms with Crippen LogP contribution < -0.4 is 0 Å². The van der Waals surface area contributed by atoms with Crippen LogP contribution in [0.3, 0.4) is 0 Å². The molecule has 3 fully saturated rings. The molecule has 0 bridgehead atoms. The summed E-state index contributed by atoms with van der Waals surface area (Å²) in [4.78, 5) is 29.7. The molecule has 3 aliphatic rings. The fraction of sp³-hybridized carbons (Fsp3) is 0.714. The molecule has 9 heteroatoms. The van der Waals surface area contributed by atoms with Gasteiger partial charge in [-0.25, -0.2) is 8.42 Å². The quantitative estimate of drug-likeness (QED) is 0.701. The van der Waals surface area contributed by atoms with Crippen LogP contribution in [-0.2, 0) is 19.6 Å². The number of rotatable bonds is 4. The molecule has 1 aromatic heterocycles. The van der Waals surface area contributed by atoms with Gasteiger partial charge >= 0.3 is 0 Å². The van der Waals surface area contributed by atoms with Gasteiger partial charge in [0.15, 0.2) is 0 Å². The summed E-state index contributed by atoms with van der Waals surface area (Å²) in [5.41, 5.74) is 0. The molecule has 30 heavy (non-hydrogen) atoms. The lowest BCUT2D eigenvalue weighted by atomic mass is 9.92. The number of carbonyl (C=O) groups is 2. The predicted octanol–water partition coefficient (Wildman–Crippen LogP) is 2.40. The van der Waals surface area contributed by atoms with Crippen LogP contribution in [0.15, 0.2) is 21.7 Å². The van der Waals surface area contributed by atoms with Crippen molar-refractivity contribution in [2.75, 3.05) is 39.3 Å². The number of hydrogen-bond donors (Lipinski definition) is 0. The van der Waals surface area contributed by atoms with Crippen molar-refractivity contribution in [3.8, 4) is 0 Å². The van der Waals surface area contributed by atoms with Crippen molar-refractivity contribution in [1.29, 1.82) is 0 Å². The van der Waals surface area contributed by atoms with E-state index in [2.05, 4.69) is 0 Å². The molecule has 166 valence electrons. The minimum atomic E-state index is -3.52. The fourth-order valence-corrected chi connectivity index (χ4v) is 7.55. The van der Waals surface area contributed by atoms with E-state index in [1.165, 1.54) is 22.1 Å². The van der Waals surface area contributed by atoms with Gasteiger partial charge in [0, 0.05) is 45.2 Å². The molecular weight excluding hydrogens is 422 g/mol. The molecule has 2 amide bonds. The highest BCUT2D eigenvalue weighted by Crippen LogP contribution is 2.29. The standard InChI is InChI=1S/C21H31N3O4S2/c25-20(22-10-2-1-3-11-22)17-8-13-23(14-9-17)21(26)18-6-4-12-24(16-18)30(27,28)19-7-5-15-29-19/h5,7,15,17-18H,1-4,6,8-14,16H2. The maximum absolute atomic E-state index is 13.1. The zero-order chi connectivity index (χ0) is 21.1. The van der Waals surface area contributed by atoms with Gasteiger partial charge in [0.05, 0.1) is 5.92 Å². The number of sulfonamides is 1. The molecule has 0 N–H and O–H groups in total. The summed E-state index contributed by atoms with van der Waals surface area (Å²) in [6.07, 6.45) is 6.24. The third-order valence-electron chi connectivity index (χ3n) is 6.65. The highest BCUT2D eigenvalue weighted by Gasteiger charge is 2.37. The third-order valence-corrected chi connectivity index (χ3v) is 9.88. The van der Waals surface area contributed by atoms with Gasteiger partial charge in [0.1, 0.15) is 4.21 Å². The van der Waals surface area contributed by atoms with E-state index in [9.17, 15) is 18.0 Å². The minimum absolute atomic E-state index is 0.0224. The average Bonchev–Trinajstić information content (AvgIpc) is 3.35. The summed E-state index contributed by atoms with van der Waals surface area (Å²) >= 11 is 1.21. The van der Waals surface area contributed by atoms with E-state index in [0.717, 1.165) is 32.4 Å². The van der Waals surface area contributed by atoms with Crippen LogP contribution in [0.5, 0.6) is 0 Å². The zero-order valence-corrected chi connectivity index (χ0v) is 19.0. The molecule has 3 saturated heterocycles. The number of likely N-dealkylation sites (tertiary alicyclic amines) is 2. The molecular formula is C21H31N3O4S2. The van der Waals surface area contributed by atoms with E-state index in [1.807, 2.05) is 9.80 Å². The minimum Gasteiger partial charge on any atom is -0.342 e. The first kappa shape index (κ1) is 21.8. The molecule has 0 aromatic carbocycles. The Morgan fingerprint density at radius 1 is 0.833 bits per heavy atom. The fourth-order valence-electron chi connectivity index (χ4n) is 4.88. The largest absolute Gasteiger partial charge is 0.342 e. The second-order valence-corrected chi connectivity index (χ2v) is 11.7. The van der Waals surface area contributed by atoms with Crippen molar-refractivity contribution in [1.82, 2.24) is 14.1 Å². The van der Waals surface area contributed by atoms with E-state index >= 15 is 0 Å². The van der Waals surface area contributed by atoms with Gasteiger partial charge in [-0.1, -0.05) is 6.07 Å². The van der Waals surface area contributed by atoms with Crippen LogP contribution in [0.2, 0.25) is 0 Å². The van der Waals surface area contributed by atoms with Crippen LogP contribution in [0.1, 0.15) is 44.9 Å². The Labute approximate surface area is 183 Å². The van der Waals surface area contributed by atoms with Gasteiger partial charge in [0.25, 0.3) is 10.0 Å². The van der Waals surface area contributed by atoms with E-state index < -0.39 is 10.0 Å². The van der Waals surface area contributed by atoms with E-state index in [1.54, 1.807) is 17.5 Å². The summed E-state index contributed by atoms with van der Waals surface area (Å²) in [5.74, 6) is 0.0367. The van der Waals surface area contributed by atoms with Crippen molar-refractivity contribution < 1.29 is 18.0 Å². The first-order valence-corrected chi connectivity index (χ1v) is 13.4. The highest BCUT2D eigenvalue weighted by molar-refractivity contribution is 7.91. The molecule has 0 spiro atoms. The second-order valence-electron chi connectivity index (χ2n) is 8.62. The number of hydrogen-bond acceptors (Lipinski definition) is 5. The zero-order valence-electron chi connectivity index (χ0n) is 17.4. The molecule has 0 saturated carbocycles. The molecule has 1 aromatic rings. The SMILES string of the molecule is O=C(C1CCN(C(=O)C2CCCN(S(=O)(=O)c3cccs3)C2)CC1)N1CCCCC1. The van der Waals surface area contributed by atoms with Gasteiger partial charge < -0.3 is 9.80 Å². The molecule has 3 aliphatic heterocycles. The number of carbonyl (C=O) groups excluding carboxylic acids is 2. The summed E-state index contributed by atoms with van der Waals surface area (Å²) < 4.78 is 27.5. The van der Waals surface area contributed by atoms with Crippen molar-refractivity contribution >= 4 is 33.2 Å². The number of nitrogens with zero attached hydrogens (tertiary/aromatic N) is 3. The average molecular weight is 454 g/mol. The van der Waals surface area contributed by atoms with Crippen LogP contribution >= 0.6 is 11.3 Å². The number of amides is 2. The topological polar surface area (TPSA) is 78.0 Å². The van der Waals surface area contributed by atoms with Crippen molar-refractivity contribution in [2.24, 2.45) is 11.8 Å². The maximum atomic E-state index is 13.1. The Balaban J connectivity index is 1.32. The van der Waals surface area contributed by atoms with Crippen molar-refractivity contribution in [3.05, 3.63) is 17.5 Å². The van der Waals surface area contributed by atoms with Gasteiger partial charge in [-0.3, -0.25) is 9.59 Å². The Morgan fingerprint density at radius 3 is 2.17 bits per heavy atom. The summed E-state index contributed by atoms with van der Waals surface area (Å²) in [5, 5.41) is 1.76. The smallest absolute Gasteiger partial charge is 0.252 e. The lowest BCUT2D eigenvalue weighted by Gasteiger charge is -2.38. The molecule has 4 rings (SSSR count). The second kappa shape index (κ2) is 9.36. The van der Waals surface area contributed by atoms with Gasteiger partial charge in [0.2, 0.25) is 11.8 Å². The lowest BCUT2D eigenvalue weighted by Crippen LogP contribution is -2.50. The van der Waals surface area contributed by atoms with Gasteiger partial charge in [-0.05, 0) is 56.4 Å². The Kier molecular flexibility index (Phi) is 6.79. The Hall–Kier alpha value is -1.45. The Morgan fingerprint density at radius 2 is 1.50 bits per heavy atom.